The number of hydrogen-bond donors (Lipinski definition) is 0. The fourth-order valence-corrected chi connectivity index (χ4v) is 1.59. The predicted octanol–water partition coefficient (Wildman–Crippen LogP) is 1.74. The van der Waals surface area contributed by atoms with Gasteiger partial charge in [-0.05, 0) is 18.2 Å². The number of amides is 2. The Labute approximate surface area is 106 Å². The summed E-state index contributed by atoms with van der Waals surface area (Å²) in [4.78, 5) is 26.4. The molecule has 0 aliphatic carbocycles. The van der Waals surface area contributed by atoms with Gasteiger partial charge in [-0.3, -0.25) is 9.59 Å². The van der Waals surface area contributed by atoms with E-state index >= 15 is 0 Å². The minimum absolute atomic E-state index is 0.180. The Morgan fingerprint density at radius 1 is 0.882 bits per heavy atom. The summed E-state index contributed by atoms with van der Waals surface area (Å²) in [6.45, 7) is 0. The van der Waals surface area contributed by atoms with Crippen molar-refractivity contribution in [2.75, 3.05) is 28.2 Å². The fourth-order valence-electron chi connectivity index (χ4n) is 1.35. The van der Waals surface area contributed by atoms with Crippen LogP contribution in [0.3, 0.4) is 0 Å². The van der Waals surface area contributed by atoms with Crippen molar-refractivity contribution in [3.05, 3.63) is 34.3 Å². The summed E-state index contributed by atoms with van der Waals surface area (Å²) in [6.07, 6.45) is 0. The third-order valence-electron chi connectivity index (χ3n) is 2.20. The molecule has 0 unspecified atom stereocenters. The van der Waals surface area contributed by atoms with Crippen LogP contribution in [0.4, 0.5) is 0 Å². The molecule has 0 aromatic heterocycles. The van der Waals surface area contributed by atoms with Crippen LogP contribution in [0, 0.1) is 0 Å². The number of carbonyl (C=O) groups excluding carboxylic acids is 2. The van der Waals surface area contributed by atoms with Crippen molar-refractivity contribution >= 4 is 23.4 Å². The molecule has 0 bridgehead atoms. The molecule has 0 aliphatic rings. The van der Waals surface area contributed by atoms with Crippen molar-refractivity contribution in [1.82, 2.24) is 9.80 Å². The van der Waals surface area contributed by atoms with E-state index in [1.54, 1.807) is 46.4 Å². The molecule has 1 rings (SSSR count). The summed E-state index contributed by atoms with van der Waals surface area (Å²) in [5.41, 5.74) is 0.820. The highest BCUT2D eigenvalue weighted by Gasteiger charge is 2.14. The van der Waals surface area contributed by atoms with Gasteiger partial charge in [0.15, 0.2) is 0 Å². The Hall–Kier alpha value is -1.55. The number of rotatable bonds is 2. The van der Waals surface area contributed by atoms with E-state index in [9.17, 15) is 9.59 Å². The number of benzene rings is 1. The first-order valence-electron chi connectivity index (χ1n) is 5.07. The van der Waals surface area contributed by atoms with Crippen molar-refractivity contribution in [2.45, 2.75) is 0 Å². The molecule has 1 aromatic rings. The molecule has 4 nitrogen and oxygen atoms in total. The number of hydrogen-bond acceptors (Lipinski definition) is 2. The van der Waals surface area contributed by atoms with Crippen LogP contribution in [-0.2, 0) is 0 Å². The standard InChI is InChI=1S/C12H15ClN2O2/c1-14(2)11(16)8-5-9(7-10(13)6-8)12(17)15(3)4/h5-7H,1-4H3. The highest BCUT2D eigenvalue weighted by molar-refractivity contribution is 6.31. The summed E-state index contributed by atoms with van der Waals surface area (Å²) in [5, 5.41) is 0.378. The lowest BCUT2D eigenvalue weighted by Gasteiger charge is -2.14. The molecule has 0 saturated heterocycles. The summed E-state index contributed by atoms with van der Waals surface area (Å²) in [7, 11) is 6.60. The zero-order valence-electron chi connectivity index (χ0n) is 10.3. The van der Waals surface area contributed by atoms with E-state index < -0.39 is 0 Å². The maximum Gasteiger partial charge on any atom is 0.253 e. The molecule has 0 atom stereocenters. The first kappa shape index (κ1) is 13.5. The lowest BCUT2D eigenvalue weighted by atomic mass is 10.1. The summed E-state index contributed by atoms with van der Waals surface area (Å²) < 4.78 is 0. The van der Waals surface area contributed by atoms with Crippen LogP contribution in [0.5, 0.6) is 0 Å². The van der Waals surface area contributed by atoms with Crippen molar-refractivity contribution in [1.29, 1.82) is 0 Å². The van der Waals surface area contributed by atoms with E-state index in [1.165, 1.54) is 9.80 Å². The molecule has 0 radical (unpaired) electrons. The lowest BCUT2D eigenvalue weighted by molar-refractivity contribution is 0.0826. The lowest BCUT2D eigenvalue weighted by Crippen LogP contribution is -2.24. The largest absolute Gasteiger partial charge is 0.345 e. The Balaban J connectivity index is 3.20. The van der Waals surface area contributed by atoms with Gasteiger partial charge in [0, 0.05) is 44.3 Å². The maximum atomic E-state index is 11.8. The average molecular weight is 255 g/mol. The Morgan fingerprint density at radius 2 is 1.24 bits per heavy atom. The molecule has 0 saturated carbocycles. The molecule has 0 spiro atoms. The molecule has 0 fully saturated rings. The Morgan fingerprint density at radius 3 is 1.53 bits per heavy atom. The van der Waals surface area contributed by atoms with Gasteiger partial charge >= 0.3 is 0 Å². The molecule has 0 heterocycles. The number of nitrogens with zero attached hydrogens (tertiary/aromatic N) is 2. The monoisotopic (exact) mass is 254 g/mol. The smallest absolute Gasteiger partial charge is 0.253 e. The third-order valence-corrected chi connectivity index (χ3v) is 2.42. The Bertz CT molecular complexity index is 418. The normalized spacial score (nSPS) is 9.94. The molecule has 2 amide bonds. The highest BCUT2D eigenvalue weighted by Crippen LogP contribution is 2.17. The van der Waals surface area contributed by atoms with Crippen molar-refractivity contribution in [3.8, 4) is 0 Å². The van der Waals surface area contributed by atoms with E-state index in [-0.39, 0.29) is 11.8 Å². The van der Waals surface area contributed by atoms with Crippen LogP contribution in [0.2, 0.25) is 5.02 Å². The fraction of sp³-hybridized carbons (Fsp3) is 0.333. The van der Waals surface area contributed by atoms with Gasteiger partial charge in [-0.25, -0.2) is 0 Å². The first-order valence-corrected chi connectivity index (χ1v) is 5.44. The zero-order valence-corrected chi connectivity index (χ0v) is 11.1. The van der Waals surface area contributed by atoms with Gasteiger partial charge in [0.05, 0.1) is 0 Å². The topological polar surface area (TPSA) is 40.6 Å². The van der Waals surface area contributed by atoms with Gasteiger partial charge in [0.25, 0.3) is 11.8 Å². The van der Waals surface area contributed by atoms with Gasteiger partial charge in [-0.1, -0.05) is 11.6 Å². The minimum atomic E-state index is -0.180. The molecular weight excluding hydrogens is 240 g/mol. The molecule has 1 aromatic carbocycles. The molecule has 0 N–H and O–H groups in total. The molecule has 17 heavy (non-hydrogen) atoms. The van der Waals surface area contributed by atoms with Crippen LogP contribution in [0.25, 0.3) is 0 Å². The quantitative estimate of drug-likeness (QED) is 0.807. The SMILES string of the molecule is CN(C)C(=O)c1cc(Cl)cc(C(=O)N(C)C)c1. The predicted molar refractivity (Wildman–Crippen MR) is 67.5 cm³/mol. The molecule has 92 valence electrons. The zero-order chi connectivity index (χ0) is 13.2. The second-order valence-electron chi connectivity index (χ2n) is 4.13. The van der Waals surface area contributed by atoms with Gasteiger partial charge in [0.2, 0.25) is 0 Å². The van der Waals surface area contributed by atoms with Crippen molar-refractivity contribution in [3.63, 3.8) is 0 Å². The highest BCUT2D eigenvalue weighted by atomic mass is 35.5. The second-order valence-corrected chi connectivity index (χ2v) is 4.56. The van der Waals surface area contributed by atoms with E-state index in [4.69, 9.17) is 11.6 Å². The van der Waals surface area contributed by atoms with Crippen LogP contribution >= 0.6 is 11.6 Å². The van der Waals surface area contributed by atoms with Crippen molar-refractivity contribution in [2.24, 2.45) is 0 Å². The van der Waals surface area contributed by atoms with Crippen molar-refractivity contribution < 1.29 is 9.59 Å². The molecular formula is C12H15ClN2O2. The van der Waals surface area contributed by atoms with E-state index in [1.807, 2.05) is 0 Å². The van der Waals surface area contributed by atoms with Crippen LogP contribution in [-0.4, -0.2) is 49.8 Å². The third kappa shape index (κ3) is 3.20. The summed E-state index contributed by atoms with van der Waals surface area (Å²) >= 11 is 5.91. The van der Waals surface area contributed by atoms with E-state index in [0.717, 1.165) is 0 Å². The number of carbonyl (C=O) groups is 2. The number of halogens is 1. The Kier molecular flexibility index (Phi) is 4.12. The first-order chi connectivity index (χ1) is 7.82. The van der Waals surface area contributed by atoms with Gasteiger partial charge in [0.1, 0.15) is 0 Å². The average Bonchev–Trinajstić information content (AvgIpc) is 2.25. The van der Waals surface area contributed by atoms with E-state index in [0.29, 0.717) is 16.1 Å². The molecule has 0 aliphatic heterocycles. The molecule has 5 heteroatoms. The second kappa shape index (κ2) is 5.19. The maximum absolute atomic E-state index is 11.8. The van der Waals surface area contributed by atoms with Gasteiger partial charge in [-0.15, -0.1) is 0 Å². The van der Waals surface area contributed by atoms with Gasteiger partial charge < -0.3 is 9.80 Å². The van der Waals surface area contributed by atoms with Gasteiger partial charge in [-0.2, -0.15) is 0 Å². The summed E-state index contributed by atoms with van der Waals surface area (Å²) in [5.74, 6) is -0.361. The van der Waals surface area contributed by atoms with E-state index in [2.05, 4.69) is 0 Å². The minimum Gasteiger partial charge on any atom is -0.345 e. The van der Waals surface area contributed by atoms with Crippen LogP contribution in [0.15, 0.2) is 18.2 Å². The van der Waals surface area contributed by atoms with Crippen LogP contribution in [0.1, 0.15) is 20.7 Å². The van der Waals surface area contributed by atoms with Crippen LogP contribution < -0.4 is 0 Å². The summed E-state index contributed by atoms with van der Waals surface area (Å²) in [6, 6.07) is 4.66.